The summed E-state index contributed by atoms with van der Waals surface area (Å²) in [5.41, 5.74) is 0.315. The third-order valence-corrected chi connectivity index (χ3v) is 4.57. The summed E-state index contributed by atoms with van der Waals surface area (Å²) in [5.74, 6) is 1.46. The molecule has 1 aromatic carbocycles. The maximum Gasteiger partial charge on any atom is 0.276 e. The fourth-order valence-electron chi connectivity index (χ4n) is 2.94. The van der Waals surface area contributed by atoms with E-state index in [1.165, 1.54) is 0 Å². The van der Waals surface area contributed by atoms with Gasteiger partial charge in [0.05, 0.1) is 7.11 Å². The molecule has 1 fully saturated rings. The van der Waals surface area contributed by atoms with Gasteiger partial charge >= 0.3 is 0 Å². The molecule has 1 amide bonds. The number of aromatic nitrogens is 1. The van der Waals surface area contributed by atoms with Crippen LogP contribution in [0.2, 0.25) is 5.02 Å². The van der Waals surface area contributed by atoms with Gasteiger partial charge in [0.2, 0.25) is 0 Å². The molecule has 1 aromatic heterocycles. The summed E-state index contributed by atoms with van der Waals surface area (Å²) in [5, 5.41) is 4.46. The number of rotatable bonds is 5. The summed E-state index contributed by atoms with van der Waals surface area (Å²) in [4.78, 5) is 14.4. The zero-order valence-electron chi connectivity index (χ0n) is 14.3. The number of carbonyl (C=O) groups is 1. The van der Waals surface area contributed by atoms with Crippen molar-refractivity contribution >= 4 is 17.5 Å². The molecule has 1 aliphatic rings. The van der Waals surface area contributed by atoms with E-state index in [1.807, 2.05) is 4.90 Å². The van der Waals surface area contributed by atoms with Crippen molar-refractivity contribution in [2.75, 3.05) is 13.7 Å². The fourth-order valence-corrected chi connectivity index (χ4v) is 3.10. The Morgan fingerprint density at radius 1 is 1.36 bits per heavy atom. The molecule has 0 saturated carbocycles. The molecule has 1 aliphatic heterocycles. The van der Waals surface area contributed by atoms with Crippen LogP contribution in [-0.2, 0) is 6.61 Å². The highest BCUT2D eigenvalue weighted by Gasteiger charge is 2.26. The number of nitrogens with zero attached hydrogens (tertiary/aromatic N) is 2. The molecule has 2 aromatic rings. The Hall–Kier alpha value is -2.21. The van der Waals surface area contributed by atoms with Crippen LogP contribution in [0.1, 0.15) is 42.4 Å². The summed E-state index contributed by atoms with van der Waals surface area (Å²) < 4.78 is 16.2. The van der Waals surface area contributed by atoms with Gasteiger partial charge in [0.15, 0.2) is 23.0 Å². The van der Waals surface area contributed by atoms with Crippen LogP contribution in [0.3, 0.4) is 0 Å². The third kappa shape index (κ3) is 4.07. The molecular weight excluding hydrogens is 344 g/mol. The number of piperidine rings is 1. The van der Waals surface area contributed by atoms with Crippen LogP contribution in [0.4, 0.5) is 0 Å². The molecule has 134 valence electrons. The van der Waals surface area contributed by atoms with E-state index in [1.54, 1.807) is 31.4 Å². The standard InChI is InChI=1S/C18H21ClN2O4/c1-12-5-3-4-8-21(12)18(22)15-10-14(25-20-15)11-24-16-7-6-13(19)9-17(16)23-2/h6-7,9-10,12H,3-5,8,11H2,1-2H3/t12-/m1/s1. The lowest BCUT2D eigenvalue weighted by molar-refractivity contribution is 0.0624. The second kappa shape index (κ2) is 7.78. The molecule has 2 heterocycles. The second-order valence-electron chi connectivity index (χ2n) is 6.11. The fraction of sp³-hybridized carbons (Fsp3) is 0.444. The maximum atomic E-state index is 12.6. The van der Waals surface area contributed by atoms with E-state index < -0.39 is 0 Å². The van der Waals surface area contributed by atoms with E-state index in [2.05, 4.69) is 12.1 Å². The van der Waals surface area contributed by atoms with Crippen LogP contribution in [0.25, 0.3) is 0 Å². The first-order chi connectivity index (χ1) is 12.1. The minimum absolute atomic E-state index is 0.0914. The molecule has 25 heavy (non-hydrogen) atoms. The lowest BCUT2D eigenvalue weighted by Crippen LogP contribution is -2.42. The van der Waals surface area contributed by atoms with Crippen LogP contribution >= 0.6 is 11.6 Å². The lowest BCUT2D eigenvalue weighted by Gasteiger charge is -2.32. The van der Waals surface area contributed by atoms with Crippen molar-refractivity contribution in [3.8, 4) is 11.5 Å². The third-order valence-electron chi connectivity index (χ3n) is 4.34. The van der Waals surface area contributed by atoms with E-state index in [0.29, 0.717) is 28.0 Å². The largest absolute Gasteiger partial charge is 0.493 e. The number of hydrogen-bond acceptors (Lipinski definition) is 5. The number of carbonyl (C=O) groups excluding carboxylic acids is 1. The van der Waals surface area contributed by atoms with Crippen molar-refractivity contribution in [1.29, 1.82) is 0 Å². The first-order valence-corrected chi connectivity index (χ1v) is 8.69. The van der Waals surface area contributed by atoms with Gasteiger partial charge in [0, 0.05) is 29.7 Å². The summed E-state index contributed by atoms with van der Waals surface area (Å²) in [6, 6.07) is 6.97. The lowest BCUT2D eigenvalue weighted by atomic mass is 10.0. The highest BCUT2D eigenvalue weighted by molar-refractivity contribution is 6.30. The topological polar surface area (TPSA) is 64.8 Å². The average Bonchev–Trinajstić information content (AvgIpc) is 3.09. The van der Waals surface area contributed by atoms with Gasteiger partial charge in [-0.15, -0.1) is 0 Å². The van der Waals surface area contributed by atoms with Gasteiger partial charge in [-0.25, -0.2) is 0 Å². The Bertz CT molecular complexity index is 746. The van der Waals surface area contributed by atoms with Crippen LogP contribution < -0.4 is 9.47 Å². The van der Waals surface area contributed by atoms with Crippen molar-refractivity contribution in [2.45, 2.75) is 38.8 Å². The van der Waals surface area contributed by atoms with E-state index in [0.717, 1.165) is 25.8 Å². The second-order valence-corrected chi connectivity index (χ2v) is 6.54. The zero-order valence-corrected chi connectivity index (χ0v) is 15.1. The molecule has 0 aliphatic carbocycles. The summed E-state index contributed by atoms with van der Waals surface area (Å²) >= 11 is 5.93. The van der Waals surface area contributed by atoms with Crippen LogP contribution in [-0.4, -0.2) is 35.7 Å². The highest BCUT2D eigenvalue weighted by Crippen LogP contribution is 2.30. The van der Waals surface area contributed by atoms with Gasteiger partial charge in [-0.05, 0) is 38.3 Å². The normalized spacial score (nSPS) is 17.4. The van der Waals surface area contributed by atoms with Crippen LogP contribution in [0.5, 0.6) is 11.5 Å². The summed E-state index contributed by atoms with van der Waals surface area (Å²) in [7, 11) is 1.55. The maximum absolute atomic E-state index is 12.6. The van der Waals surface area contributed by atoms with E-state index >= 15 is 0 Å². The van der Waals surface area contributed by atoms with Gasteiger partial charge in [0.1, 0.15) is 6.61 Å². The van der Waals surface area contributed by atoms with Crippen molar-refractivity contribution in [3.05, 3.63) is 40.7 Å². The molecule has 6 nitrogen and oxygen atoms in total. The van der Waals surface area contributed by atoms with Crippen molar-refractivity contribution in [2.24, 2.45) is 0 Å². The minimum atomic E-state index is -0.0914. The van der Waals surface area contributed by atoms with E-state index in [-0.39, 0.29) is 18.6 Å². The van der Waals surface area contributed by atoms with Gasteiger partial charge < -0.3 is 18.9 Å². The van der Waals surface area contributed by atoms with Crippen molar-refractivity contribution in [1.82, 2.24) is 10.1 Å². The van der Waals surface area contributed by atoms with Crippen molar-refractivity contribution < 1.29 is 18.8 Å². The van der Waals surface area contributed by atoms with Gasteiger partial charge in [-0.1, -0.05) is 16.8 Å². The molecule has 7 heteroatoms. The minimum Gasteiger partial charge on any atom is -0.493 e. The molecular formula is C18H21ClN2O4. The first kappa shape index (κ1) is 17.6. The quantitative estimate of drug-likeness (QED) is 0.804. The van der Waals surface area contributed by atoms with E-state index in [4.69, 9.17) is 25.6 Å². The number of ether oxygens (including phenoxy) is 2. The number of amides is 1. The molecule has 1 saturated heterocycles. The number of hydrogen-bond donors (Lipinski definition) is 0. The average molecular weight is 365 g/mol. The molecule has 0 unspecified atom stereocenters. The predicted octanol–water partition coefficient (Wildman–Crippen LogP) is 3.93. The highest BCUT2D eigenvalue weighted by atomic mass is 35.5. The van der Waals surface area contributed by atoms with Gasteiger partial charge in [-0.3, -0.25) is 4.79 Å². The number of likely N-dealkylation sites (tertiary alicyclic amines) is 1. The Morgan fingerprint density at radius 3 is 2.96 bits per heavy atom. The molecule has 1 atom stereocenters. The van der Waals surface area contributed by atoms with Crippen LogP contribution in [0, 0.1) is 0 Å². The summed E-state index contributed by atoms with van der Waals surface area (Å²) in [6.07, 6.45) is 3.21. The zero-order chi connectivity index (χ0) is 17.8. The van der Waals surface area contributed by atoms with Gasteiger partial charge in [-0.2, -0.15) is 0 Å². The van der Waals surface area contributed by atoms with Crippen LogP contribution in [0.15, 0.2) is 28.8 Å². The Balaban J connectivity index is 1.65. The molecule has 0 radical (unpaired) electrons. The Labute approximate surface area is 151 Å². The summed E-state index contributed by atoms with van der Waals surface area (Å²) in [6.45, 7) is 2.97. The SMILES string of the molecule is COc1cc(Cl)ccc1OCc1cc(C(=O)N2CCCC[C@H]2C)no1. The Kier molecular flexibility index (Phi) is 5.48. The number of methoxy groups -OCH3 is 1. The van der Waals surface area contributed by atoms with E-state index in [9.17, 15) is 4.79 Å². The molecule has 0 bridgehead atoms. The molecule has 3 rings (SSSR count). The number of benzene rings is 1. The molecule has 0 N–H and O–H groups in total. The van der Waals surface area contributed by atoms with Gasteiger partial charge in [0.25, 0.3) is 5.91 Å². The van der Waals surface area contributed by atoms with Crippen molar-refractivity contribution in [3.63, 3.8) is 0 Å². The monoisotopic (exact) mass is 364 g/mol. The first-order valence-electron chi connectivity index (χ1n) is 8.31. The smallest absolute Gasteiger partial charge is 0.276 e. The number of halogens is 1. The predicted molar refractivity (Wildman–Crippen MR) is 93.2 cm³/mol. The molecule has 0 spiro atoms. The Morgan fingerprint density at radius 2 is 2.20 bits per heavy atom.